The van der Waals surface area contributed by atoms with Gasteiger partial charge in [0.25, 0.3) is 0 Å². The van der Waals surface area contributed by atoms with E-state index in [1.165, 1.54) is 4.90 Å². The van der Waals surface area contributed by atoms with E-state index in [1.54, 1.807) is 0 Å². The molecule has 2 aliphatic rings. The number of carbonyl (C=O) groups is 1. The average Bonchev–Trinajstić information content (AvgIpc) is 3.12. The second kappa shape index (κ2) is 6.93. The highest BCUT2D eigenvalue weighted by molar-refractivity contribution is 5.74. The quantitative estimate of drug-likeness (QED) is 0.836. The van der Waals surface area contributed by atoms with Gasteiger partial charge in [0.2, 0.25) is 0 Å². The molecule has 4 heterocycles. The van der Waals surface area contributed by atoms with E-state index in [9.17, 15) is 9.90 Å². The van der Waals surface area contributed by atoms with E-state index in [1.807, 2.05) is 22.9 Å². The molecule has 26 heavy (non-hydrogen) atoms. The van der Waals surface area contributed by atoms with Crippen molar-refractivity contribution in [2.24, 2.45) is 0 Å². The molecule has 1 fully saturated rings. The third-order valence-electron chi connectivity index (χ3n) is 4.81. The number of aliphatic hydroxyl groups is 1. The average molecular weight is 359 g/mol. The van der Waals surface area contributed by atoms with Gasteiger partial charge in [-0.05, 0) is 12.0 Å². The first-order valence-corrected chi connectivity index (χ1v) is 8.65. The summed E-state index contributed by atoms with van der Waals surface area (Å²) in [7, 11) is 0. The summed E-state index contributed by atoms with van der Waals surface area (Å²) in [5, 5.41) is 18.6. The van der Waals surface area contributed by atoms with Crippen LogP contribution in [-0.4, -0.2) is 75.0 Å². The topological polar surface area (TPSA) is 103 Å². The maximum Gasteiger partial charge on any atom is 0.407 e. The Labute approximate surface area is 150 Å². The maximum atomic E-state index is 11.1. The zero-order chi connectivity index (χ0) is 18.1. The molecule has 0 atom stereocenters. The third-order valence-corrected chi connectivity index (χ3v) is 4.81. The summed E-state index contributed by atoms with van der Waals surface area (Å²) in [5.41, 5.74) is 3.21. The fourth-order valence-electron chi connectivity index (χ4n) is 3.40. The number of carboxylic acid groups (broad SMARTS) is 1. The van der Waals surface area contributed by atoms with E-state index in [4.69, 9.17) is 9.84 Å². The number of anilines is 1. The Morgan fingerprint density at radius 1 is 1.27 bits per heavy atom. The lowest BCUT2D eigenvalue weighted by Crippen LogP contribution is -2.37. The highest BCUT2D eigenvalue weighted by atomic mass is 16.5. The van der Waals surface area contributed by atoms with E-state index in [-0.39, 0.29) is 6.61 Å². The zero-order valence-corrected chi connectivity index (χ0v) is 14.3. The molecule has 2 aromatic heterocycles. The number of rotatable bonds is 3. The SMILES string of the molecule is O=C(O)N1CC=C(c2cnc(N3CCOCC3)c3nc(CO)cn23)CC1. The largest absolute Gasteiger partial charge is 0.465 e. The first-order valence-electron chi connectivity index (χ1n) is 8.65. The number of ether oxygens (including phenoxy) is 1. The zero-order valence-electron chi connectivity index (χ0n) is 14.3. The molecule has 2 aliphatic heterocycles. The van der Waals surface area contributed by atoms with Gasteiger partial charge < -0.3 is 24.7 Å². The number of nitrogens with zero attached hydrogens (tertiary/aromatic N) is 5. The third kappa shape index (κ3) is 2.99. The van der Waals surface area contributed by atoms with Crippen LogP contribution >= 0.6 is 0 Å². The highest BCUT2D eigenvalue weighted by Gasteiger charge is 2.22. The maximum absolute atomic E-state index is 11.1. The molecule has 2 aromatic rings. The first kappa shape index (κ1) is 16.8. The van der Waals surface area contributed by atoms with Crippen molar-refractivity contribution in [3.63, 3.8) is 0 Å². The summed E-state index contributed by atoms with van der Waals surface area (Å²) in [6, 6.07) is 0. The molecule has 1 saturated heterocycles. The second-order valence-electron chi connectivity index (χ2n) is 6.36. The molecular formula is C17H21N5O4. The van der Waals surface area contributed by atoms with Crippen LogP contribution in [0.15, 0.2) is 18.5 Å². The van der Waals surface area contributed by atoms with Gasteiger partial charge >= 0.3 is 6.09 Å². The van der Waals surface area contributed by atoms with Gasteiger partial charge in [-0.3, -0.25) is 4.40 Å². The summed E-state index contributed by atoms with van der Waals surface area (Å²) >= 11 is 0. The molecule has 138 valence electrons. The number of aromatic nitrogens is 3. The van der Waals surface area contributed by atoms with Crippen LogP contribution in [-0.2, 0) is 11.3 Å². The summed E-state index contributed by atoms with van der Waals surface area (Å²) in [6.45, 7) is 3.47. The van der Waals surface area contributed by atoms with Crippen LogP contribution in [0.4, 0.5) is 10.6 Å². The summed E-state index contributed by atoms with van der Waals surface area (Å²) in [6.07, 6.45) is 5.26. The van der Waals surface area contributed by atoms with Crippen molar-refractivity contribution in [2.75, 3.05) is 44.3 Å². The van der Waals surface area contributed by atoms with Crippen LogP contribution in [0.5, 0.6) is 0 Å². The Hall–Kier alpha value is -2.65. The summed E-state index contributed by atoms with van der Waals surface area (Å²) < 4.78 is 7.36. The molecule has 0 radical (unpaired) electrons. The molecular weight excluding hydrogens is 338 g/mol. The van der Waals surface area contributed by atoms with Crippen molar-refractivity contribution < 1.29 is 19.7 Å². The van der Waals surface area contributed by atoms with Gasteiger partial charge in [-0.1, -0.05) is 6.08 Å². The molecule has 2 N–H and O–H groups in total. The minimum Gasteiger partial charge on any atom is -0.465 e. The van der Waals surface area contributed by atoms with Crippen molar-refractivity contribution in [1.29, 1.82) is 0 Å². The minimum atomic E-state index is -0.906. The van der Waals surface area contributed by atoms with Gasteiger partial charge in [-0.2, -0.15) is 0 Å². The summed E-state index contributed by atoms with van der Waals surface area (Å²) in [5.74, 6) is 0.778. The Balaban J connectivity index is 1.74. The van der Waals surface area contributed by atoms with E-state index in [0.717, 1.165) is 30.2 Å². The molecule has 0 aliphatic carbocycles. The molecule has 9 heteroatoms. The normalized spacial score (nSPS) is 18.3. The summed E-state index contributed by atoms with van der Waals surface area (Å²) in [4.78, 5) is 23.8. The van der Waals surface area contributed by atoms with Gasteiger partial charge in [0.15, 0.2) is 11.5 Å². The van der Waals surface area contributed by atoms with Gasteiger partial charge in [0.05, 0.1) is 37.4 Å². The van der Waals surface area contributed by atoms with Gasteiger partial charge in [-0.25, -0.2) is 14.8 Å². The number of aliphatic hydroxyl groups excluding tert-OH is 1. The van der Waals surface area contributed by atoms with Crippen LogP contribution in [0.1, 0.15) is 17.8 Å². The molecule has 0 unspecified atom stereocenters. The molecule has 9 nitrogen and oxygen atoms in total. The predicted molar refractivity (Wildman–Crippen MR) is 94.1 cm³/mol. The fourth-order valence-corrected chi connectivity index (χ4v) is 3.40. The van der Waals surface area contributed by atoms with Crippen LogP contribution < -0.4 is 4.90 Å². The van der Waals surface area contributed by atoms with E-state index >= 15 is 0 Å². The van der Waals surface area contributed by atoms with E-state index in [2.05, 4.69) is 14.9 Å². The Morgan fingerprint density at radius 3 is 2.73 bits per heavy atom. The Morgan fingerprint density at radius 2 is 2.08 bits per heavy atom. The smallest absolute Gasteiger partial charge is 0.407 e. The number of fused-ring (bicyclic) bond motifs is 1. The van der Waals surface area contributed by atoms with Crippen LogP contribution in [0.3, 0.4) is 0 Å². The van der Waals surface area contributed by atoms with E-state index in [0.29, 0.717) is 44.1 Å². The van der Waals surface area contributed by atoms with Crippen molar-refractivity contribution in [3.05, 3.63) is 29.9 Å². The number of hydrogen-bond donors (Lipinski definition) is 2. The van der Waals surface area contributed by atoms with Gasteiger partial charge in [0.1, 0.15) is 0 Å². The standard InChI is InChI=1S/C17H21N5O4/c23-11-13-10-22-14(12-1-3-21(4-2-12)17(24)25)9-18-15(16(22)19-13)20-5-7-26-8-6-20/h1,9-10,23H,2-8,11H2,(H,24,25). The van der Waals surface area contributed by atoms with Crippen LogP contribution in [0, 0.1) is 0 Å². The lowest BCUT2D eigenvalue weighted by atomic mass is 10.1. The number of imidazole rings is 1. The van der Waals surface area contributed by atoms with E-state index < -0.39 is 6.09 Å². The first-order chi connectivity index (χ1) is 12.7. The monoisotopic (exact) mass is 359 g/mol. The number of amides is 1. The number of hydrogen-bond acceptors (Lipinski definition) is 6. The lowest BCUT2D eigenvalue weighted by Gasteiger charge is -2.28. The molecule has 0 aromatic carbocycles. The van der Waals surface area contributed by atoms with Crippen molar-refractivity contribution >= 4 is 23.1 Å². The Kier molecular flexibility index (Phi) is 4.48. The molecule has 4 rings (SSSR count). The van der Waals surface area contributed by atoms with Gasteiger partial charge in [0, 0.05) is 32.4 Å². The van der Waals surface area contributed by atoms with Crippen LogP contribution in [0.2, 0.25) is 0 Å². The van der Waals surface area contributed by atoms with Crippen LogP contribution in [0.25, 0.3) is 11.2 Å². The Bertz CT molecular complexity index is 856. The molecule has 0 bridgehead atoms. The van der Waals surface area contributed by atoms with Crippen molar-refractivity contribution in [2.45, 2.75) is 13.0 Å². The fraction of sp³-hybridized carbons (Fsp3) is 0.471. The lowest BCUT2D eigenvalue weighted by molar-refractivity contribution is 0.122. The van der Waals surface area contributed by atoms with Gasteiger partial charge in [-0.15, -0.1) is 0 Å². The minimum absolute atomic E-state index is 0.143. The molecule has 1 amide bonds. The molecule has 0 saturated carbocycles. The number of morpholine rings is 1. The second-order valence-corrected chi connectivity index (χ2v) is 6.36. The van der Waals surface area contributed by atoms with Crippen molar-refractivity contribution in [3.8, 4) is 0 Å². The highest BCUT2D eigenvalue weighted by Crippen LogP contribution is 2.27. The van der Waals surface area contributed by atoms with Crippen molar-refractivity contribution in [1.82, 2.24) is 19.3 Å². The molecule has 0 spiro atoms. The predicted octanol–water partition coefficient (Wildman–Crippen LogP) is 0.825.